The third-order valence-electron chi connectivity index (χ3n) is 4.74. The summed E-state index contributed by atoms with van der Waals surface area (Å²) in [7, 11) is 0. The number of aromatic nitrogens is 3. The molecule has 4 aromatic rings. The maximum atomic E-state index is 12.4. The number of para-hydroxylation sites is 1. The minimum Gasteiger partial charge on any atom is -0.481 e. The third kappa shape index (κ3) is 5.29. The van der Waals surface area contributed by atoms with Crippen LogP contribution < -0.4 is 10.2 Å². The maximum absolute atomic E-state index is 12.4. The van der Waals surface area contributed by atoms with Crippen LogP contribution in [0.25, 0.3) is 16.9 Å². The predicted molar refractivity (Wildman–Crippen MR) is 124 cm³/mol. The number of rotatable bonds is 7. The number of nitrogens with zero attached hydrogens (tertiary/aromatic N) is 5. The van der Waals surface area contributed by atoms with Gasteiger partial charge >= 0.3 is 0 Å². The van der Waals surface area contributed by atoms with Crippen LogP contribution in [0.5, 0.6) is 5.75 Å². The van der Waals surface area contributed by atoms with Crippen molar-refractivity contribution < 1.29 is 9.53 Å². The van der Waals surface area contributed by atoms with Crippen molar-refractivity contribution in [3.8, 4) is 28.8 Å². The first kappa shape index (κ1) is 21.5. The molecule has 0 fully saturated rings. The lowest BCUT2D eigenvalue weighted by atomic mass is 10.1. The van der Waals surface area contributed by atoms with Crippen molar-refractivity contribution in [3.05, 3.63) is 96.4 Å². The molecule has 0 bridgehead atoms. The van der Waals surface area contributed by atoms with E-state index in [-0.39, 0.29) is 0 Å². The van der Waals surface area contributed by atoms with E-state index in [4.69, 9.17) is 10.00 Å². The summed E-state index contributed by atoms with van der Waals surface area (Å²) in [6, 6.07) is 22.0. The number of carbonyl (C=O) groups is 1. The Labute approximate surface area is 190 Å². The highest BCUT2D eigenvalue weighted by atomic mass is 16.5. The summed E-state index contributed by atoms with van der Waals surface area (Å²) in [6.45, 7) is 1.62. The molecule has 2 aromatic carbocycles. The van der Waals surface area contributed by atoms with Gasteiger partial charge in [0.05, 0.1) is 23.5 Å². The summed E-state index contributed by atoms with van der Waals surface area (Å²) in [4.78, 5) is 16.6. The molecule has 2 heterocycles. The van der Waals surface area contributed by atoms with Gasteiger partial charge in [-0.25, -0.2) is 10.1 Å². The van der Waals surface area contributed by atoms with Gasteiger partial charge in [-0.3, -0.25) is 9.78 Å². The quantitative estimate of drug-likeness (QED) is 0.351. The van der Waals surface area contributed by atoms with Gasteiger partial charge in [-0.1, -0.05) is 18.2 Å². The van der Waals surface area contributed by atoms with Crippen LogP contribution in [0.3, 0.4) is 0 Å². The highest BCUT2D eigenvalue weighted by Gasteiger charge is 2.15. The summed E-state index contributed by atoms with van der Waals surface area (Å²) in [6.07, 6.45) is 6.02. The second-order valence-corrected chi connectivity index (χ2v) is 7.09. The van der Waals surface area contributed by atoms with Crippen LogP contribution in [-0.4, -0.2) is 33.0 Å². The van der Waals surface area contributed by atoms with E-state index in [1.165, 1.54) is 0 Å². The average molecular weight is 436 g/mol. The lowest BCUT2D eigenvalue weighted by Crippen LogP contribution is -2.33. The van der Waals surface area contributed by atoms with Gasteiger partial charge in [0.25, 0.3) is 5.91 Å². The fraction of sp³-hybridized carbons (Fsp3) is 0.0800. The number of hydrogen-bond acceptors (Lipinski definition) is 6. The molecular formula is C25H20N6O2. The first-order valence-corrected chi connectivity index (χ1v) is 10.2. The van der Waals surface area contributed by atoms with E-state index in [9.17, 15) is 4.79 Å². The van der Waals surface area contributed by atoms with Crippen LogP contribution in [0.4, 0.5) is 0 Å². The summed E-state index contributed by atoms with van der Waals surface area (Å²) in [5, 5.41) is 17.7. The largest absolute Gasteiger partial charge is 0.481 e. The number of nitrogens with one attached hydrogen (secondary N) is 1. The summed E-state index contributed by atoms with van der Waals surface area (Å²) < 4.78 is 7.37. The molecule has 0 radical (unpaired) electrons. The minimum absolute atomic E-state index is 0.408. The SMILES string of the molecule is CC(Oc1ccc(C#N)cc1)C(=O)N/N=C/c1cn(-c2ccccc2)nc1-c1cccnc1. The zero-order valence-corrected chi connectivity index (χ0v) is 17.8. The Kier molecular flexibility index (Phi) is 6.52. The summed E-state index contributed by atoms with van der Waals surface area (Å²) >= 11 is 0. The monoisotopic (exact) mass is 436 g/mol. The molecule has 8 nitrogen and oxygen atoms in total. The molecule has 162 valence electrons. The van der Waals surface area contributed by atoms with Gasteiger partial charge in [-0.2, -0.15) is 15.5 Å². The molecule has 0 aliphatic carbocycles. The van der Waals surface area contributed by atoms with Gasteiger partial charge in [-0.15, -0.1) is 0 Å². The molecule has 1 amide bonds. The Morgan fingerprint density at radius 2 is 1.94 bits per heavy atom. The van der Waals surface area contributed by atoms with Gasteiger partial charge in [0.2, 0.25) is 0 Å². The van der Waals surface area contributed by atoms with E-state index in [0.29, 0.717) is 22.6 Å². The van der Waals surface area contributed by atoms with Gasteiger partial charge in [0.15, 0.2) is 6.10 Å². The fourth-order valence-electron chi connectivity index (χ4n) is 3.04. The molecule has 1 unspecified atom stereocenters. The van der Waals surface area contributed by atoms with Crippen LogP contribution >= 0.6 is 0 Å². The highest BCUT2D eigenvalue weighted by molar-refractivity contribution is 5.90. The van der Waals surface area contributed by atoms with E-state index >= 15 is 0 Å². The molecule has 0 saturated heterocycles. The molecule has 0 aliphatic rings. The fourth-order valence-corrected chi connectivity index (χ4v) is 3.04. The topological polar surface area (TPSA) is 105 Å². The standard InChI is InChI=1S/C25H20N6O2/c1-18(33-23-11-9-19(14-26)10-12-23)25(32)29-28-16-21-17-31(22-7-3-2-4-8-22)30-24(21)20-6-5-13-27-15-20/h2-13,15-18H,1H3,(H,29,32)/b28-16+. The van der Waals surface area contributed by atoms with Gasteiger partial charge in [0.1, 0.15) is 11.4 Å². The first-order valence-electron chi connectivity index (χ1n) is 10.2. The molecule has 0 saturated carbocycles. The number of nitriles is 1. The lowest BCUT2D eigenvalue weighted by molar-refractivity contribution is -0.127. The van der Waals surface area contributed by atoms with Crippen LogP contribution in [0.1, 0.15) is 18.1 Å². The van der Waals surface area contributed by atoms with Gasteiger partial charge in [0, 0.05) is 29.7 Å². The van der Waals surface area contributed by atoms with Crippen molar-refractivity contribution in [2.45, 2.75) is 13.0 Å². The van der Waals surface area contributed by atoms with Crippen molar-refractivity contribution in [2.24, 2.45) is 5.10 Å². The number of ether oxygens (including phenoxy) is 1. The second kappa shape index (κ2) is 10.0. The number of carbonyl (C=O) groups excluding carboxylic acids is 1. The number of amides is 1. The van der Waals surface area contributed by atoms with E-state index in [0.717, 1.165) is 11.3 Å². The Hall–Kier alpha value is -4.77. The Morgan fingerprint density at radius 1 is 1.15 bits per heavy atom. The molecule has 0 spiro atoms. The van der Waals surface area contributed by atoms with Crippen molar-refractivity contribution in [2.75, 3.05) is 0 Å². The summed E-state index contributed by atoms with van der Waals surface area (Å²) in [5.41, 5.74) is 6.15. The smallest absolute Gasteiger partial charge is 0.280 e. The minimum atomic E-state index is -0.778. The molecule has 2 aromatic heterocycles. The van der Waals surface area contributed by atoms with Crippen molar-refractivity contribution in [3.63, 3.8) is 0 Å². The molecule has 4 rings (SSSR count). The number of benzene rings is 2. The zero-order chi connectivity index (χ0) is 23.0. The zero-order valence-electron chi connectivity index (χ0n) is 17.8. The first-order chi connectivity index (χ1) is 16.1. The molecule has 33 heavy (non-hydrogen) atoms. The van der Waals surface area contributed by atoms with Gasteiger partial charge < -0.3 is 4.74 Å². The normalized spacial score (nSPS) is 11.6. The molecular weight excluding hydrogens is 416 g/mol. The highest BCUT2D eigenvalue weighted by Crippen LogP contribution is 2.21. The Bertz CT molecular complexity index is 1290. The predicted octanol–water partition coefficient (Wildman–Crippen LogP) is 3.72. The van der Waals surface area contributed by atoms with E-state index in [1.54, 1.807) is 54.5 Å². The average Bonchev–Trinajstić information content (AvgIpc) is 3.29. The van der Waals surface area contributed by atoms with Crippen LogP contribution in [0, 0.1) is 11.3 Å². The Morgan fingerprint density at radius 3 is 2.64 bits per heavy atom. The van der Waals surface area contributed by atoms with E-state index in [1.807, 2.05) is 54.7 Å². The van der Waals surface area contributed by atoms with Crippen molar-refractivity contribution >= 4 is 12.1 Å². The number of pyridine rings is 1. The second-order valence-electron chi connectivity index (χ2n) is 7.09. The number of hydrazone groups is 1. The van der Waals surface area contributed by atoms with Gasteiger partial charge in [-0.05, 0) is 55.5 Å². The van der Waals surface area contributed by atoms with Crippen LogP contribution in [0.15, 0.2) is 90.4 Å². The van der Waals surface area contributed by atoms with E-state index < -0.39 is 12.0 Å². The van der Waals surface area contributed by atoms with Crippen molar-refractivity contribution in [1.29, 1.82) is 5.26 Å². The van der Waals surface area contributed by atoms with Crippen LogP contribution in [0.2, 0.25) is 0 Å². The molecule has 0 aliphatic heterocycles. The van der Waals surface area contributed by atoms with E-state index in [2.05, 4.69) is 20.6 Å². The lowest BCUT2D eigenvalue weighted by Gasteiger charge is -2.12. The maximum Gasteiger partial charge on any atom is 0.280 e. The molecule has 8 heteroatoms. The molecule has 1 atom stereocenters. The molecule has 1 N–H and O–H groups in total. The Balaban J connectivity index is 1.49. The number of hydrogen-bond donors (Lipinski definition) is 1. The third-order valence-corrected chi connectivity index (χ3v) is 4.74. The summed E-state index contributed by atoms with van der Waals surface area (Å²) in [5.74, 6) is 0.0811. The van der Waals surface area contributed by atoms with Crippen molar-refractivity contribution in [1.82, 2.24) is 20.2 Å². The van der Waals surface area contributed by atoms with Crippen LogP contribution in [-0.2, 0) is 4.79 Å².